The van der Waals surface area contributed by atoms with Crippen LogP contribution < -0.4 is 5.73 Å². The summed E-state index contributed by atoms with van der Waals surface area (Å²) in [7, 11) is 2.14. The van der Waals surface area contributed by atoms with Gasteiger partial charge in [-0.15, -0.1) is 0 Å². The van der Waals surface area contributed by atoms with Crippen LogP contribution in [0.25, 0.3) is 0 Å². The summed E-state index contributed by atoms with van der Waals surface area (Å²) in [5, 5.41) is 0. The van der Waals surface area contributed by atoms with E-state index in [1.807, 2.05) is 18.7 Å². The van der Waals surface area contributed by atoms with Crippen molar-refractivity contribution in [3.05, 3.63) is 17.6 Å². The Bertz CT molecular complexity index is 343. The highest BCUT2D eigenvalue weighted by Crippen LogP contribution is 2.22. The van der Waals surface area contributed by atoms with Gasteiger partial charge in [-0.2, -0.15) is 11.8 Å². The van der Waals surface area contributed by atoms with Gasteiger partial charge in [0.15, 0.2) is 0 Å². The Kier molecular flexibility index (Phi) is 3.66. The lowest BCUT2D eigenvalue weighted by Gasteiger charge is -2.22. The summed E-state index contributed by atoms with van der Waals surface area (Å²) in [6.07, 6.45) is 1.27. The average molecular weight is 238 g/mol. The van der Waals surface area contributed by atoms with Crippen LogP contribution in [0.1, 0.15) is 17.9 Å². The number of rotatable bonds is 3. The van der Waals surface area contributed by atoms with E-state index in [1.165, 1.54) is 17.9 Å². The molecule has 1 aromatic rings. The van der Waals surface area contributed by atoms with Crippen molar-refractivity contribution in [2.75, 3.05) is 24.3 Å². The SMILES string of the molecule is Cc1cc(N)nc(CN(C)C2CCSC2)n1. The van der Waals surface area contributed by atoms with E-state index in [2.05, 4.69) is 21.9 Å². The van der Waals surface area contributed by atoms with E-state index in [-0.39, 0.29) is 0 Å². The van der Waals surface area contributed by atoms with E-state index < -0.39 is 0 Å². The molecule has 2 heterocycles. The van der Waals surface area contributed by atoms with Crippen LogP contribution in [0.4, 0.5) is 5.82 Å². The number of anilines is 1. The molecule has 2 rings (SSSR count). The van der Waals surface area contributed by atoms with E-state index in [4.69, 9.17) is 5.73 Å². The fourth-order valence-corrected chi connectivity index (χ4v) is 3.25. The van der Waals surface area contributed by atoms with Crippen LogP contribution in [0.2, 0.25) is 0 Å². The lowest BCUT2D eigenvalue weighted by atomic mass is 10.2. The summed E-state index contributed by atoms with van der Waals surface area (Å²) < 4.78 is 0. The molecule has 1 aliphatic rings. The summed E-state index contributed by atoms with van der Waals surface area (Å²) in [6, 6.07) is 2.46. The second-order valence-electron chi connectivity index (χ2n) is 4.28. The van der Waals surface area contributed by atoms with Crippen molar-refractivity contribution < 1.29 is 0 Å². The zero-order valence-corrected chi connectivity index (χ0v) is 10.6. The Morgan fingerprint density at radius 1 is 1.56 bits per heavy atom. The Morgan fingerprint density at radius 2 is 2.38 bits per heavy atom. The van der Waals surface area contributed by atoms with Crippen LogP contribution in [-0.2, 0) is 6.54 Å². The van der Waals surface area contributed by atoms with Crippen LogP contribution >= 0.6 is 11.8 Å². The molecule has 1 fully saturated rings. The predicted octanol–water partition coefficient (Wildman–Crippen LogP) is 1.30. The third-order valence-corrected chi connectivity index (χ3v) is 3.99. The van der Waals surface area contributed by atoms with Crippen molar-refractivity contribution >= 4 is 17.6 Å². The third kappa shape index (κ3) is 2.86. The summed E-state index contributed by atoms with van der Waals surface area (Å²) in [4.78, 5) is 11.0. The number of nitrogens with zero attached hydrogens (tertiary/aromatic N) is 3. The number of nitrogen functional groups attached to an aromatic ring is 1. The van der Waals surface area contributed by atoms with Crippen molar-refractivity contribution in [3.8, 4) is 0 Å². The van der Waals surface area contributed by atoms with Gasteiger partial charge in [-0.05, 0) is 26.1 Å². The second kappa shape index (κ2) is 5.01. The van der Waals surface area contributed by atoms with Gasteiger partial charge in [-0.1, -0.05) is 0 Å². The minimum atomic E-state index is 0.566. The van der Waals surface area contributed by atoms with Crippen LogP contribution in [0, 0.1) is 6.92 Å². The molecule has 1 aromatic heterocycles. The molecule has 1 atom stereocenters. The molecule has 0 aromatic carbocycles. The van der Waals surface area contributed by atoms with Gasteiger partial charge in [0.2, 0.25) is 0 Å². The fraction of sp³-hybridized carbons (Fsp3) is 0.636. The maximum Gasteiger partial charge on any atom is 0.144 e. The van der Waals surface area contributed by atoms with Crippen LogP contribution in [-0.4, -0.2) is 39.5 Å². The number of aryl methyl sites for hydroxylation is 1. The van der Waals surface area contributed by atoms with E-state index in [0.29, 0.717) is 11.9 Å². The van der Waals surface area contributed by atoms with Gasteiger partial charge in [0, 0.05) is 23.6 Å². The Hall–Kier alpha value is -0.810. The quantitative estimate of drug-likeness (QED) is 0.860. The first-order valence-electron chi connectivity index (χ1n) is 5.53. The normalized spacial score (nSPS) is 20.6. The van der Waals surface area contributed by atoms with Crippen molar-refractivity contribution in [2.45, 2.75) is 25.9 Å². The number of hydrogen-bond donors (Lipinski definition) is 1. The minimum Gasteiger partial charge on any atom is -0.384 e. The molecule has 0 spiro atoms. The predicted molar refractivity (Wildman–Crippen MR) is 68.4 cm³/mol. The number of aromatic nitrogens is 2. The molecule has 0 aliphatic carbocycles. The van der Waals surface area contributed by atoms with Gasteiger partial charge in [-0.25, -0.2) is 9.97 Å². The highest BCUT2D eigenvalue weighted by molar-refractivity contribution is 7.99. The van der Waals surface area contributed by atoms with Gasteiger partial charge < -0.3 is 5.73 Å². The molecular formula is C11H18N4S. The summed E-state index contributed by atoms with van der Waals surface area (Å²) in [5.41, 5.74) is 6.66. The lowest BCUT2D eigenvalue weighted by Crippen LogP contribution is -2.31. The maximum atomic E-state index is 5.71. The van der Waals surface area contributed by atoms with Crippen LogP contribution in [0.15, 0.2) is 6.07 Å². The molecule has 0 radical (unpaired) electrons. The lowest BCUT2D eigenvalue weighted by molar-refractivity contribution is 0.248. The zero-order valence-electron chi connectivity index (χ0n) is 9.81. The summed E-state index contributed by atoms with van der Waals surface area (Å²) in [5.74, 6) is 3.89. The van der Waals surface area contributed by atoms with E-state index in [0.717, 1.165) is 18.1 Å². The van der Waals surface area contributed by atoms with Gasteiger partial charge in [-0.3, -0.25) is 4.90 Å². The standard InChI is InChI=1S/C11H18N4S/c1-8-5-10(12)14-11(13-8)6-15(2)9-3-4-16-7-9/h5,9H,3-4,6-7H2,1-2H3,(H2,12,13,14). The highest BCUT2D eigenvalue weighted by atomic mass is 32.2. The van der Waals surface area contributed by atoms with Crippen molar-refractivity contribution in [3.63, 3.8) is 0 Å². The van der Waals surface area contributed by atoms with Crippen LogP contribution in [0.5, 0.6) is 0 Å². The number of thioether (sulfide) groups is 1. The van der Waals surface area contributed by atoms with Crippen molar-refractivity contribution in [1.29, 1.82) is 0 Å². The summed E-state index contributed by atoms with van der Waals surface area (Å²) >= 11 is 2.02. The monoisotopic (exact) mass is 238 g/mol. The molecule has 16 heavy (non-hydrogen) atoms. The van der Waals surface area contributed by atoms with Crippen molar-refractivity contribution in [2.24, 2.45) is 0 Å². The number of hydrogen-bond acceptors (Lipinski definition) is 5. The number of nitrogens with two attached hydrogens (primary N) is 1. The first kappa shape index (κ1) is 11.7. The largest absolute Gasteiger partial charge is 0.384 e. The summed E-state index contributed by atoms with van der Waals surface area (Å²) in [6.45, 7) is 2.74. The van der Waals surface area contributed by atoms with Crippen LogP contribution in [0.3, 0.4) is 0 Å². The first-order chi connectivity index (χ1) is 7.65. The second-order valence-corrected chi connectivity index (χ2v) is 5.43. The molecule has 4 nitrogen and oxygen atoms in total. The molecule has 1 saturated heterocycles. The zero-order chi connectivity index (χ0) is 11.5. The smallest absolute Gasteiger partial charge is 0.144 e. The van der Waals surface area contributed by atoms with Gasteiger partial charge in [0.1, 0.15) is 11.6 Å². The molecule has 0 amide bonds. The van der Waals surface area contributed by atoms with E-state index in [9.17, 15) is 0 Å². The van der Waals surface area contributed by atoms with Crippen molar-refractivity contribution in [1.82, 2.24) is 14.9 Å². The topological polar surface area (TPSA) is 55.0 Å². The average Bonchev–Trinajstić information content (AvgIpc) is 2.68. The maximum absolute atomic E-state index is 5.71. The molecule has 88 valence electrons. The molecule has 1 unspecified atom stereocenters. The van der Waals surface area contributed by atoms with Gasteiger partial charge >= 0.3 is 0 Å². The molecular weight excluding hydrogens is 220 g/mol. The highest BCUT2D eigenvalue weighted by Gasteiger charge is 2.20. The third-order valence-electron chi connectivity index (χ3n) is 2.84. The Labute approximate surface area is 101 Å². The molecule has 5 heteroatoms. The van der Waals surface area contributed by atoms with Gasteiger partial charge in [0.25, 0.3) is 0 Å². The van der Waals surface area contributed by atoms with E-state index in [1.54, 1.807) is 6.07 Å². The Balaban J connectivity index is 2.02. The fourth-order valence-electron chi connectivity index (χ4n) is 1.95. The molecule has 1 aliphatic heterocycles. The molecule has 0 bridgehead atoms. The van der Waals surface area contributed by atoms with E-state index >= 15 is 0 Å². The first-order valence-corrected chi connectivity index (χ1v) is 6.68. The minimum absolute atomic E-state index is 0.566. The Morgan fingerprint density at radius 3 is 3.00 bits per heavy atom. The van der Waals surface area contributed by atoms with Gasteiger partial charge in [0.05, 0.1) is 6.54 Å². The molecule has 0 saturated carbocycles. The molecule has 2 N–H and O–H groups in total.